The van der Waals surface area contributed by atoms with Gasteiger partial charge in [-0.3, -0.25) is 19.2 Å². The number of carbonyl (C=O) groups is 4. The predicted octanol–water partition coefficient (Wildman–Crippen LogP) is -0.964. The molecule has 1 aliphatic rings. The van der Waals surface area contributed by atoms with Crippen LogP contribution in [0.3, 0.4) is 0 Å². The number of carboxylic acids is 1. The Morgan fingerprint density at radius 2 is 1.55 bits per heavy atom. The molecular weight excluding hydrogens is 380 g/mol. The summed E-state index contributed by atoms with van der Waals surface area (Å²) in [7, 11) is 0. The number of nitrogens with one attached hydrogen (secondary N) is 4. The average Bonchev–Trinajstić information content (AvgIpc) is 3.11. The molecular formula is C19H22N4O6. The molecule has 10 heteroatoms. The summed E-state index contributed by atoms with van der Waals surface area (Å²) in [5, 5.41) is 26.7. The number of carbonyl (C=O) groups excluding carboxylic acids is 3. The Morgan fingerprint density at radius 1 is 0.931 bits per heavy atom. The van der Waals surface area contributed by atoms with E-state index in [0.717, 1.165) is 16.5 Å². The number of aromatic amines is 1. The molecule has 1 saturated heterocycles. The molecule has 0 unspecified atom stereocenters. The zero-order chi connectivity index (χ0) is 21.0. The number of amides is 3. The highest BCUT2D eigenvalue weighted by Crippen LogP contribution is 2.19. The van der Waals surface area contributed by atoms with E-state index in [0.29, 0.717) is 0 Å². The predicted molar refractivity (Wildman–Crippen MR) is 102 cm³/mol. The summed E-state index contributed by atoms with van der Waals surface area (Å²) in [6, 6.07) is 4.11. The summed E-state index contributed by atoms with van der Waals surface area (Å²) in [6.07, 6.45) is 1.42. The maximum atomic E-state index is 12.7. The number of aliphatic carboxylic acids is 1. The van der Waals surface area contributed by atoms with Crippen molar-refractivity contribution < 1.29 is 29.4 Å². The standard InChI is InChI=1S/C19H22N4O6/c24-9-15-19(29)21-13(5-6-16(25)26)17(27)22-14(18(28)23-15)7-10-8-20-12-4-2-1-3-11(10)12/h1-4,8,13-15,20,24H,5-7,9H2,(H,21,29)(H,22,27)(H,23,28)(H,25,26)/t13-,14-,15-/m0/s1. The van der Waals surface area contributed by atoms with Gasteiger partial charge in [-0.15, -0.1) is 0 Å². The van der Waals surface area contributed by atoms with E-state index >= 15 is 0 Å². The van der Waals surface area contributed by atoms with Gasteiger partial charge in [-0.1, -0.05) is 18.2 Å². The third-order valence-electron chi connectivity index (χ3n) is 4.83. The summed E-state index contributed by atoms with van der Waals surface area (Å²) in [5.74, 6) is -3.13. The van der Waals surface area contributed by atoms with Crippen molar-refractivity contribution in [1.29, 1.82) is 0 Å². The quantitative estimate of drug-likeness (QED) is 0.365. The van der Waals surface area contributed by atoms with E-state index in [2.05, 4.69) is 20.9 Å². The zero-order valence-corrected chi connectivity index (χ0v) is 15.5. The Labute approximate surface area is 165 Å². The Kier molecular flexibility index (Phi) is 6.13. The number of rotatable bonds is 6. The van der Waals surface area contributed by atoms with Crippen molar-refractivity contribution in [2.45, 2.75) is 37.4 Å². The van der Waals surface area contributed by atoms with Crippen LogP contribution in [0.2, 0.25) is 0 Å². The Bertz CT molecular complexity index is 940. The second-order valence-electron chi connectivity index (χ2n) is 6.86. The van der Waals surface area contributed by atoms with Gasteiger partial charge in [-0.2, -0.15) is 0 Å². The molecule has 6 N–H and O–H groups in total. The second kappa shape index (κ2) is 8.74. The third kappa shape index (κ3) is 4.72. The molecule has 0 saturated carbocycles. The number of carboxylic acid groups (broad SMARTS) is 1. The first kappa shape index (κ1) is 20.3. The number of hydrogen-bond acceptors (Lipinski definition) is 5. The third-order valence-corrected chi connectivity index (χ3v) is 4.83. The van der Waals surface area contributed by atoms with Crippen LogP contribution in [0.5, 0.6) is 0 Å². The molecule has 1 fully saturated rings. The van der Waals surface area contributed by atoms with Crippen LogP contribution in [0.4, 0.5) is 0 Å². The van der Waals surface area contributed by atoms with E-state index in [1.54, 1.807) is 6.20 Å². The molecule has 1 aromatic heterocycles. The minimum absolute atomic E-state index is 0.140. The molecule has 1 aliphatic heterocycles. The minimum atomic E-state index is -1.24. The highest BCUT2D eigenvalue weighted by Gasteiger charge is 2.34. The van der Waals surface area contributed by atoms with Crippen LogP contribution in [0.1, 0.15) is 18.4 Å². The fraction of sp³-hybridized carbons (Fsp3) is 0.368. The summed E-state index contributed by atoms with van der Waals surface area (Å²) in [6.45, 7) is -0.656. The number of benzene rings is 1. The molecule has 0 radical (unpaired) electrons. The molecule has 2 heterocycles. The van der Waals surface area contributed by atoms with Gasteiger partial charge in [-0.05, 0) is 18.1 Å². The van der Waals surface area contributed by atoms with Crippen molar-refractivity contribution >= 4 is 34.6 Å². The lowest BCUT2D eigenvalue weighted by molar-refractivity contribution is -0.138. The molecule has 0 bridgehead atoms. The number of H-pyrrole nitrogens is 1. The largest absolute Gasteiger partial charge is 0.481 e. The molecule has 0 spiro atoms. The molecule has 2 aromatic rings. The smallest absolute Gasteiger partial charge is 0.303 e. The molecule has 3 amide bonds. The first-order valence-electron chi connectivity index (χ1n) is 9.17. The first-order chi connectivity index (χ1) is 13.9. The maximum Gasteiger partial charge on any atom is 0.303 e. The fourth-order valence-corrected chi connectivity index (χ4v) is 3.28. The normalized spacial score (nSPS) is 22.8. The van der Waals surface area contributed by atoms with Crippen molar-refractivity contribution in [2.24, 2.45) is 0 Å². The molecule has 3 rings (SSSR count). The number of aliphatic hydroxyl groups is 1. The van der Waals surface area contributed by atoms with Crippen LogP contribution in [0, 0.1) is 0 Å². The van der Waals surface area contributed by atoms with E-state index in [-0.39, 0.29) is 19.3 Å². The summed E-state index contributed by atoms with van der Waals surface area (Å²) >= 11 is 0. The van der Waals surface area contributed by atoms with Gasteiger partial charge in [0.1, 0.15) is 18.1 Å². The average molecular weight is 402 g/mol. The number of para-hydroxylation sites is 1. The maximum absolute atomic E-state index is 12.7. The topological polar surface area (TPSA) is 161 Å². The van der Waals surface area contributed by atoms with E-state index in [9.17, 15) is 24.3 Å². The van der Waals surface area contributed by atoms with Crippen molar-refractivity contribution in [2.75, 3.05) is 6.61 Å². The lowest BCUT2D eigenvalue weighted by atomic mass is 10.0. The molecule has 1 aromatic carbocycles. The van der Waals surface area contributed by atoms with Gasteiger partial charge in [0.05, 0.1) is 6.61 Å². The van der Waals surface area contributed by atoms with Gasteiger partial charge in [-0.25, -0.2) is 0 Å². The fourth-order valence-electron chi connectivity index (χ4n) is 3.28. The Morgan fingerprint density at radius 3 is 2.28 bits per heavy atom. The van der Waals surface area contributed by atoms with Crippen LogP contribution in [-0.4, -0.2) is 63.6 Å². The number of fused-ring (bicyclic) bond motifs is 1. The van der Waals surface area contributed by atoms with Crippen LogP contribution < -0.4 is 16.0 Å². The Hall–Kier alpha value is -3.40. The van der Waals surface area contributed by atoms with Crippen LogP contribution in [0.15, 0.2) is 30.5 Å². The van der Waals surface area contributed by atoms with Crippen molar-refractivity contribution in [3.05, 3.63) is 36.0 Å². The zero-order valence-electron chi connectivity index (χ0n) is 15.5. The lowest BCUT2D eigenvalue weighted by Crippen LogP contribution is -2.52. The lowest BCUT2D eigenvalue weighted by Gasteiger charge is -2.20. The van der Waals surface area contributed by atoms with Crippen LogP contribution in [0.25, 0.3) is 10.9 Å². The summed E-state index contributed by atoms with van der Waals surface area (Å²) in [5.41, 5.74) is 1.67. The highest BCUT2D eigenvalue weighted by molar-refractivity contribution is 5.97. The van der Waals surface area contributed by atoms with E-state index in [4.69, 9.17) is 5.11 Å². The number of hydrogen-bond donors (Lipinski definition) is 6. The first-order valence-corrected chi connectivity index (χ1v) is 9.17. The van der Waals surface area contributed by atoms with E-state index in [1.165, 1.54) is 0 Å². The minimum Gasteiger partial charge on any atom is -0.481 e. The van der Waals surface area contributed by atoms with Gasteiger partial charge < -0.3 is 31.1 Å². The number of aliphatic hydroxyl groups excluding tert-OH is 1. The molecule has 29 heavy (non-hydrogen) atoms. The molecule has 10 nitrogen and oxygen atoms in total. The number of aromatic nitrogens is 1. The van der Waals surface area contributed by atoms with E-state index < -0.39 is 48.4 Å². The van der Waals surface area contributed by atoms with Gasteiger partial charge in [0.25, 0.3) is 0 Å². The van der Waals surface area contributed by atoms with Crippen molar-refractivity contribution in [1.82, 2.24) is 20.9 Å². The molecule has 154 valence electrons. The van der Waals surface area contributed by atoms with Gasteiger partial charge in [0.15, 0.2) is 0 Å². The monoisotopic (exact) mass is 402 g/mol. The molecule has 3 atom stereocenters. The van der Waals surface area contributed by atoms with E-state index in [1.807, 2.05) is 24.3 Å². The summed E-state index contributed by atoms with van der Waals surface area (Å²) in [4.78, 5) is 51.6. The summed E-state index contributed by atoms with van der Waals surface area (Å²) < 4.78 is 0. The highest BCUT2D eigenvalue weighted by atomic mass is 16.4. The van der Waals surface area contributed by atoms with Crippen LogP contribution >= 0.6 is 0 Å². The second-order valence-corrected chi connectivity index (χ2v) is 6.86. The van der Waals surface area contributed by atoms with Crippen LogP contribution in [-0.2, 0) is 25.6 Å². The van der Waals surface area contributed by atoms with Gasteiger partial charge >= 0.3 is 5.97 Å². The van der Waals surface area contributed by atoms with Gasteiger partial charge in [0, 0.05) is 29.9 Å². The van der Waals surface area contributed by atoms with Crippen molar-refractivity contribution in [3.8, 4) is 0 Å². The Balaban J connectivity index is 1.86. The van der Waals surface area contributed by atoms with Crippen molar-refractivity contribution in [3.63, 3.8) is 0 Å². The SMILES string of the molecule is O=C(O)CC[C@@H]1NC(=O)[C@H](CO)NC(=O)[C@H](Cc2c[nH]c3ccccc23)NC1=O. The van der Waals surface area contributed by atoms with Gasteiger partial charge in [0.2, 0.25) is 17.7 Å². The molecule has 0 aliphatic carbocycles.